The van der Waals surface area contributed by atoms with Crippen LogP contribution >= 0.6 is 0 Å². The van der Waals surface area contributed by atoms with Gasteiger partial charge >= 0.3 is 6.18 Å². The largest absolute Gasteiger partial charge is 0.497 e. The number of nitrogens with zero attached hydrogens (tertiary/aromatic N) is 1. The first kappa shape index (κ1) is 30.4. The summed E-state index contributed by atoms with van der Waals surface area (Å²) in [5.41, 5.74) is 3.64. The van der Waals surface area contributed by atoms with Gasteiger partial charge < -0.3 is 19.9 Å². The van der Waals surface area contributed by atoms with Crippen molar-refractivity contribution in [3.8, 4) is 5.75 Å². The zero-order valence-electron chi connectivity index (χ0n) is 24.8. The average molecular weight is 600 g/mol. The maximum atomic E-state index is 13.5. The molecule has 0 spiro atoms. The molecule has 0 unspecified atom stereocenters. The molecule has 2 amide bonds. The van der Waals surface area contributed by atoms with Gasteiger partial charge in [-0.1, -0.05) is 45.0 Å². The molecule has 5 aromatic rings. The minimum absolute atomic E-state index is 0.0158. The van der Waals surface area contributed by atoms with Gasteiger partial charge in [0.25, 0.3) is 11.8 Å². The molecule has 0 fully saturated rings. The summed E-state index contributed by atoms with van der Waals surface area (Å²) in [5.74, 6) is -0.138. The molecule has 1 heterocycles. The molecule has 0 radical (unpaired) electrons. The van der Waals surface area contributed by atoms with Crippen LogP contribution in [0.25, 0.3) is 10.9 Å². The normalized spacial score (nSPS) is 11.8. The number of hydrogen-bond donors (Lipinski definition) is 2. The highest BCUT2D eigenvalue weighted by Gasteiger charge is 2.30. The fourth-order valence-corrected chi connectivity index (χ4v) is 4.88. The van der Waals surface area contributed by atoms with Crippen LogP contribution < -0.4 is 15.4 Å². The minimum atomic E-state index is -4.47. The van der Waals surface area contributed by atoms with E-state index < -0.39 is 17.6 Å². The van der Waals surface area contributed by atoms with E-state index in [1.165, 1.54) is 17.7 Å². The number of benzene rings is 4. The molecular formula is C35H32F3N3O3. The summed E-state index contributed by atoms with van der Waals surface area (Å²) in [6.45, 7) is 6.78. The summed E-state index contributed by atoms with van der Waals surface area (Å²) in [7, 11) is 1.55. The lowest BCUT2D eigenvalue weighted by Gasteiger charge is -2.19. The van der Waals surface area contributed by atoms with Crippen LogP contribution in [0.1, 0.15) is 58.3 Å². The number of alkyl halides is 3. The number of fused-ring (bicyclic) bond motifs is 1. The number of anilines is 2. The number of carbonyl (C=O) groups excluding carboxylic acids is 2. The fourth-order valence-electron chi connectivity index (χ4n) is 4.88. The Balaban J connectivity index is 1.47. The van der Waals surface area contributed by atoms with Crippen LogP contribution in [0.2, 0.25) is 0 Å². The number of aromatic nitrogens is 1. The molecule has 0 aliphatic rings. The molecule has 0 atom stereocenters. The first-order valence-electron chi connectivity index (χ1n) is 14.0. The summed E-state index contributed by atoms with van der Waals surface area (Å²) in [6.07, 6.45) is -4.47. The summed E-state index contributed by atoms with van der Waals surface area (Å²) in [5, 5.41) is 6.32. The van der Waals surface area contributed by atoms with Gasteiger partial charge in [-0.05, 0) is 89.3 Å². The van der Waals surface area contributed by atoms with Gasteiger partial charge in [-0.15, -0.1) is 0 Å². The van der Waals surface area contributed by atoms with Gasteiger partial charge in [0.2, 0.25) is 0 Å². The quantitative estimate of drug-likeness (QED) is 0.197. The van der Waals surface area contributed by atoms with Crippen molar-refractivity contribution in [1.82, 2.24) is 4.57 Å². The highest BCUT2D eigenvalue weighted by atomic mass is 19.4. The van der Waals surface area contributed by atoms with E-state index in [-0.39, 0.29) is 17.0 Å². The molecule has 44 heavy (non-hydrogen) atoms. The molecule has 5 rings (SSSR count). The summed E-state index contributed by atoms with van der Waals surface area (Å²) in [4.78, 5) is 26.4. The lowest BCUT2D eigenvalue weighted by Crippen LogP contribution is -2.18. The van der Waals surface area contributed by atoms with Crippen LogP contribution in [0, 0.1) is 0 Å². The zero-order chi connectivity index (χ0) is 31.6. The second-order valence-corrected chi connectivity index (χ2v) is 11.5. The molecule has 226 valence electrons. The predicted octanol–water partition coefficient (Wildman–Crippen LogP) is 8.52. The Bertz CT molecular complexity index is 1800. The zero-order valence-corrected chi connectivity index (χ0v) is 24.8. The van der Waals surface area contributed by atoms with Crippen molar-refractivity contribution in [2.45, 2.75) is 38.9 Å². The van der Waals surface area contributed by atoms with Crippen LogP contribution in [-0.2, 0) is 18.1 Å². The maximum Gasteiger partial charge on any atom is 0.416 e. The number of halogens is 3. The summed E-state index contributed by atoms with van der Waals surface area (Å²) < 4.78 is 46.1. The van der Waals surface area contributed by atoms with Crippen LogP contribution in [0.3, 0.4) is 0 Å². The fraction of sp³-hybridized carbons (Fsp3) is 0.200. The van der Waals surface area contributed by atoms with Crippen LogP contribution in [-0.4, -0.2) is 23.5 Å². The maximum absolute atomic E-state index is 13.5. The van der Waals surface area contributed by atoms with E-state index in [9.17, 15) is 22.8 Å². The second-order valence-electron chi connectivity index (χ2n) is 11.5. The Morgan fingerprint density at radius 2 is 1.32 bits per heavy atom. The Morgan fingerprint density at radius 3 is 1.91 bits per heavy atom. The molecule has 2 N–H and O–H groups in total. The van der Waals surface area contributed by atoms with Crippen molar-refractivity contribution in [2.75, 3.05) is 17.7 Å². The van der Waals surface area contributed by atoms with E-state index in [0.29, 0.717) is 34.6 Å². The molecule has 0 saturated heterocycles. The van der Waals surface area contributed by atoms with E-state index in [1.54, 1.807) is 49.6 Å². The molecule has 0 aliphatic carbocycles. The number of rotatable bonds is 7. The Labute approximate surface area is 253 Å². The Kier molecular flexibility index (Phi) is 8.23. The highest BCUT2D eigenvalue weighted by molar-refractivity contribution is 6.08. The lowest BCUT2D eigenvalue weighted by atomic mass is 9.87. The van der Waals surface area contributed by atoms with Gasteiger partial charge in [0.15, 0.2) is 0 Å². The monoisotopic (exact) mass is 599 g/mol. The minimum Gasteiger partial charge on any atom is -0.497 e. The van der Waals surface area contributed by atoms with Crippen molar-refractivity contribution in [1.29, 1.82) is 0 Å². The van der Waals surface area contributed by atoms with Crippen molar-refractivity contribution in [3.63, 3.8) is 0 Å². The second kappa shape index (κ2) is 11.9. The number of amides is 2. The molecular weight excluding hydrogens is 567 g/mol. The van der Waals surface area contributed by atoms with Crippen molar-refractivity contribution in [2.24, 2.45) is 0 Å². The summed E-state index contributed by atoms with van der Waals surface area (Å²) >= 11 is 0. The van der Waals surface area contributed by atoms with Crippen molar-refractivity contribution in [3.05, 3.63) is 125 Å². The topological polar surface area (TPSA) is 72.4 Å². The van der Waals surface area contributed by atoms with E-state index in [4.69, 9.17) is 4.74 Å². The third-order valence-electron chi connectivity index (χ3n) is 7.37. The predicted molar refractivity (Wildman–Crippen MR) is 167 cm³/mol. The van der Waals surface area contributed by atoms with Crippen LogP contribution in [0.4, 0.5) is 24.5 Å². The van der Waals surface area contributed by atoms with E-state index in [1.807, 2.05) is 22.8 Å². The molecule has 0 aliphatic heterocycles. The molecule has 0 saturated carbocycles. The Morgan fingerprint density at radius 1 is 0.727 bits per heavy atom. The number of nitrogens with one attached hydrogen (secondary N) is 2. The third-order valence-corrected chi connectivity index (χ3v) is 7.37. The average Bonchev–Trinajstić information content (AvgIpc) is 3.34. The lowest BCUT2D eigenvalue weighted by molar-refractivity contribution is -0.137. The molecule has 4 aromatic carbocycles. The van der Waals surface area contributed by atoms with Crippen LogP contribution in [0.5, 0.6) is 5.75 Å². The van der Waals surface area contributed by atoms with E-state index in [0.717, 1.165) is 23.2 Å². The van der Waals surface area contributed by atoms with Gasteiger partial charge in [0.1, 0.15) is 11.4 Å². The first-order chi connectivity index (χ1) is 20.8. The van der Waals surface area contributed by atoms with Gasteiger partial charge in [-0.2, -0.15) is 13.2 Å². The molecule has 1 aromatic heterocycles. The Hall–Kier alpha value is -5.05. The molecule has 9 heteroatoms. The van der Waals surface area contributed by atoms with Crippen LogP contribution in [0.15, 0.2) is 97.1 Å². The van der Waals surface area contributed by atoms with Crippen molar-refractivity contribution < 1.29 is 27.5 Å². The number of carbonyl (C=O) groups is 2. The van der Waals surface area contributed by atoms with Gasteiger partial charge in [-0.3, -0.25) is 9.59 Å². The standard InChI is InChI=1S/C35H32F3N3O3/c1-34(2,3)25-9-5-22(6-10-25)21-41-30-18-15-28(40-32(42)23-7-16-29(44-4)17-8-23)19-24(30)20-31(41)33(43)39-27-13-11-26(12-14-27)35(36,37)38/h5-20H,21H2,1-4H3,(H,39,43)(H,40,42). The molecule has 0 bridgehead atoms. The number of methoxy groups -OCH3 is 1. The highest BCUT2D eigenvalue weighted by Crippen LogP contribution is 2.31. The van der Waals surface area contributed by atoms with Gasteiger partial charge in [0, 0.05) is 34.4 Å². The number of hydrogen-bond acceptors (Lipinski definition) is 3. The van der Waals surface area contributed by atoms with Gasteiger partial charge in [-0.25, -0.2) is 0 Å². The SMILES string of the molecule is COc1ccc(C(=O)Nc2ccc3c(c2)cc(C(=O)Nc2ccc(C(F)(F)F)cc2)n3Cc2ccc(C(C)(C)C)cc2)cc1. The van der Waals surface area contributed by atoms with E-state index >= 15 is 0 Å². The first-order valence-corrected chi connectivity index (χ1v) is 14.0. The van der Waals surface area contributed by atoms with E-state index in [2.05, 4.69) is 43.5 Å². The molecule has 6 nitrogen and oxygen atoms in total. The van der Waals surface area contributed by atoms with Gasteiger partial charge in [0.05, 0.1) is 12.7 Å². The number of ether oxygens (including phenoxy) is 1. The smallest absolute Gasteiger partial charge is 0.416 e. The van der Waals surface area contributed by atoms with Crippen molar-refractivity contribution >= 4 is 34.1 Å². The summed E-state index contributed by atoms with van der Waals surface area (Å²) in [6, 6.07) is 26.3. The third kappa shape index (κ3) is 6.78.